The summed E-state index contributed by atoms with van der Waals surface area (Å²) in [6.07, 6.45) is 20.4. The Bertz CT molecular complexity index is 2550. The van der Waals surface area contributed by atoms with Crippen LogP contribution >= 0.6 is 0 Å². The van der Waals surface area contributed by atoms with Crippen molar-refractivity contribution in [3.63, 3.8) is 0 Å². The van der Waals surface area contributed by atoms with Gasteiger partial charge in [-0.2, -0.15) is 0 Å². The number of anilines is 2. The molecule has 0 saturated heterocycles. The Kier molecular flexibility index (Phi) is 9.14. The number of para-hydroxylation sites is 1. The van der Waals surface area contributed by atoms with Gasteiger partial charge in [0.25, 0.3) is 0 Å². The molecule has 0 amide bonds. The summed E-state index contributed by atoms with van der Waals surface area (Å²) in [6, 6.07) is 45.2. The van der Waals surface area contributed by atoms with Gasteiger partial charge in [-0.25, -0.2) is 0 Å². The van der Waals surface area contributed by atoms with Crippen LogP contribution in [0.15, 0.2) is 163 Å². The molecule has 0 fully saturated rings. The number of hydrogen-bond donors (Lipinski definition) is 0. The first kappa shape index (κ1) is 34.9. The van der Waals surface area contributed by atoms with E-state index in [2.05, 4.69) is 195 Å². The molecule has 0 atom stereocenters. The summed E-state index contributed by atoms with van der Waals surface area (Å²) in [5, 5.41) is 1.28. The summed E-state index contributed by atoms with van der Waals surface area (Å²) in [5.41, 5.74) is 19.9. The first-order valence-corrected chi connectivity index (χ1v) is 20.2. The maximum absolute atomic E-state index is 2.54. The molecule has 0 N–H and O–H groups in total. The van der Waals surface area contributed by atoms with Crippen molar-refractivity contribution in [1.29, 1.82) is 0 Å². The van der Waals surface area contributed by atoms with Crippen LogP contribution in [-0.2, 0) is 5.41 Å². The van der Waals surface area contributed by atoms with E-state index in [1.807, 2.05) is 0 Å². The van der Waals surface area contributed by atoms with E-state index in [-0.39, 0.29) is 5.41 Å². The summed E-state index contributed by atoms with van der Waals surface area (Å²) in [6.45, 7) is 9.29. The molecule has 9 rings (SSSR count). The monoisotopic (exact) mass is 714 g/mol. The molecule has 55 heavy (non-hydrogen) atoms. The fraction of sp³-hybridized carbons (Fsp3) is 0.208. The number of rotatable bonds is 8. The second-order valence-corrected chi connectivity index (χ2v) is 15.8. The lowest BCUT2D eigenvalue weighted by atomic mass is 9.78. The summed E-state index contributed by atoms with van der Waals surface area (Å²) < 4.78 is 2.40. The maximum Gasteiger partial charge on any atom is 0.0538 e. The first-order chi connectivity index (χ1) is 26.9. The highest BCUT2D eigenvalue weighted by atomic mass is 15.1. The molecule has 0 unspecified atom stereocenters. The van der Waals surface area contributed by atoms with Crippen molar-refractivity contribution in [3.05, 3.63) is 191 Å². The Morgan fingerprint density at radius 2 is 1.47 bits per heavy atom. The highest BCUT2D eigenvalue weighted by molar-refractivity contribution is 5.96. The predicted molar refractivity (Wildman–Crippen MR) is 236 cm³/mol. The van der Waals surface area contributed by atoms with Crippen LogP contribution in [-0.4, -0.2) is 4.57 Å². The Labute approximate surface area is 327 Å². The van der Waals surface area contributed by atoms with Gasteiger partial charge in [-0.15, -0.1) is 0 Å². The second kappa shape index (κ2) is 14.4. The summed E-state index contributed by atoms with van der Waals surface area (Å²) in [4.78, 5) is 2.54. The first-order valence-electron chi connectivity index (χ1n) is 20.2. The minimum Gasteiger partial charge on any atom is -0.315 e. The lowest BCUT2D eigenvalue weighted by molar-refractivity contribution is 0.607. The van der Waals surface area contributed by atoms with E-state index in [4.69, 9.17) is 0 Å². The molecule has 2 nitrogen and oxygen atoms in total. The maximum atomic E-state index is 2.54. The number of allylic oxidation sites excluding steroid dienone is 9. The molecule has 1 heterocycles. The molecule has 6 aromatic rings. The molecule has 2 heteroatoms. The molecule has 3 aliphatic carbocycles. The zero-order chi connectivity index (χ0) is 37.5. The van der Waals surface area contributed by atoms with Gasteiger partial charge < -0.3 is 9.47 Å². The summed E-state index contributed by atoms with van der Waals surface area (Å²) in [7, 11) is 0. The van der Waals surface area contributed by atoms with Crippen LogP contribution in [0.3, 0.4) is 0 Å². The van der Waals surface area contributed by atoms with Gasteiger partial charge in [-0.1, -0.05) is 136 Å². The number of hydrogen-bond acceptors (Lipinski definition) is 1. The summed E-state index contributed by atoms with van der Waals surface area (Å²) >= 11 is 0. The third-order valence-electron chi connectivity index (χ3n) is 12.2. The number of benzene rings is 5. The van der Waals surface area contributed by atoms with Gasteiger partial charge in [0.15, 0.2) is 0 Å². The molecule has 0 radical (unpaired) electrons. The normalized spacial score (nSPS) is 16.2. The smallest absolute Gasteiger partial charge is 0.0538 e. The van der Waals surface area contributed by atoms with Crippen molar-refractivity contribution in [2.75, 3.05) is 4.90 Å². The number of nitrogens with zero attached hydrogens (tertiary/aromatic N) is 2. The fourth-order valence-corrected chi connectivity index (χ4v) is 9.33. The van der Waals surface area contributed by atoms with Crippen molar-refractivity contribution in [2.45, 2.75) is 71.6 Å². The average molecular weight is 715 g/mol. The molecule has 0 bridgehead atoms. The highest BCUT2D eigenvalue weighted by Gasteiger charge is 2.38. The van der Waals surface area contributed by atoms with Gasteiger partial charge in [0.1, 0.15) is 0 Å². The third kappa shape index (κ3) is 6.24. The zero-order valence-corrected chi connectivity index (χ0v) is 32.6. The van der Waals surface area contributed by atoms with Crippen LogP contribution in [0, 0.1) is 6.92 Å². The van der Waals surface area contributed by atoms with Crippen LogP contribution in [0.5, 0.6) is 0 Å². The zero-order valence-electron chi connectivity index (χ0n) is 32.6. The SMILES string of the molecule is CC/C=C\c1c(C)n(-c2ccccc2)c2ccc(-c3ccc(N(C4=CCC=C(c5ccccc5)CC4)c4ccc5c(c4)C(C)(C)C4=C5C=CCC4)cc3)cc12. The third-order valence-corrected chi connectivity index (χ3v) is 12.2. The Hall–Kier alpha value is -5.86. The minimum atomic E-state index is 0.0163. The van der Waals surface area contributed by atoms with Gasteiger partial charge >= 0.3 is 0 Å². The van der Waals surface area contributed by atoms with Crippen LogP contribution in [0.25, 0.3) is 44.9 Å². The molecule has 5 aromatic carbocycles. The van der Waals surface area contributed by atoms with Crippen LogP contribution in [0.2, 0.25) is 0 Å². The lowest BCUT2D eigenvalue weighted by Gasteiger charge is -2.31. The molecule has 0 aliphatic heterocycles. The predicted octanol–water partition coefficient (Wildman–Crippen LogP) is 14.7. The van der Waals surface area contributed by atoms with E-state index in [1.165, 1.54) is 83.9 Å². The highest BCUT2D eigenvalue weighted by Crippen LogP contribution is 2.51. The van der Waals surface area contributed by atoms with E-state index < -0.39 is 0 Å². The Morgan fingerprint density at radius 1 is 0.727 bits per heavy atom. The summed E-state index contributed by atoms with van der Waals surface area (Å²) in [5.74, 6) is 0. The largest absolute Gasteiger partial charge is 0.315 e. The average Bonchev–Trinajstić information content (AvgIpc) is 3.47. The van der Waals surface area contributed by atoms with Gasteiger partial charge in [0.05, 0.1) is 5.52 Å². The second-order valence-electron chi connectivity index (χ2n) is 15.8. The molecule has 3 aliphatic rings. The van der Waals surface area contributed by atoms with E-state index in [9.17, 15) is 0 Å². The topological polar surface area (TPSA) is 8.17 Å². The standard InChI is InChI=1S/C53H50N2/c1-5-6-22-46-37(2)54(42-19-11-8-12-20-42)52-34-28-41(35-49(46)52)40-26-30-44(31-27-40)55(43-21-15-18-39(25-29-43)38-16-9-7-10-17-38)45-32-33-48-47-23-13-14-24-50(47)53(3,4)51(48)36-45/h6-13,16-23,26-28,30-36H,5,14-15,24-25,29H2,1-4H3/b22-6-. The van der Waals surface area contributed by atoms with Gasteiger partial charge in [-0.3, -0.25) is 0 Å². The van der Waals surface area contributed by atoms with Crippen molar-refractivity contribution < 1.29 is 0 Å². The van der Waals surface area contributed by atoms with E-state index in [0.29, 0.717) is 0 Å². The van der Waals surface area contributed by atoms with Crippen LogP contribution < -0.4 is 4.90 Å². The molecule has 0 saturated carbocycles. The lowest BCUT2D eigenvalue weighted by Crippen LogP contribution is -2.20. The molecular formula is C53H50N2. The quantitative estimate of drug-likeness (QED) is 0.152. The van der Waals surface area contributed by atoms with Crippen molar-refractivity contribution >= 4 is 39.5 Å². The van der Waals surface area contributed by atoms with Crippen molar-refractivity contribution in [3.8, 4) is 16.8 Å². The molecule has 272 valence electrons. The molecular weight excluding hydrogens is 665 g/mol. The van der Waals surface area contributed by atoms with Crippen LogP contribution in [0.4, 0.5) is 11.4 Å². The fourth-order valence-electron chi connectivity index (χ4n) is 9.33. The Morgan fingerprint density at radius 3 is 2.25 bits per heavy atom. The molecule has 0 spiro atoms. The van der Waals surface area contributed by atoms with Gasteiger partial charge in [0, 0.05) is 44.8 Å². The number of aromatic nitrogens is 1. The number of fused-ring (bicyclic) bond motifs is 3. The minimum absolute atomic E-state index is 0.0163. The van der Waals surface area contributed by atoms with Crippen LogP contribution in [0.1, 0.15) is 87.2 Å². The van der Waals surface area contributed by atoms with E-state index >= 15 is 0 Å². The van der Waals surface area contributed by atoms with Gasteiger partial charge in [0.2, 0.25) is 0 Å². The van der Waals surface area contributed by atoms with Gasteiger partial charge in [-0.05, 0) is 133 Å². The van der Waals surface area contributed by atoms with Crippen molar-refractivity contribution in [2.24, 2.45) is 0 Å². The van der Waals surface area contributed by atoms with E-state index in [0.717, 1.165) is 38.5 Å². The van der Waals surface area contributed by atoms with E-state index in [1.54, 1.807) is 5.57 Å². The molecule has 1 aromatic heterocycles. The Balaban J connectivity index is 1.10. The van der Waals surface area contributed by atoms with Crippen molar-refractivity contribution in [1.82, 2.24) is 4.57 Å².